The first-order valence-electron chi connectivity index (χ1n) is 4.43. The number of para-hydroxylation sites is 1. The minimum atomic E-state index is -0.895. The van der Waals surface area contributed by atoms with Crippen LogP contribution >= 0.6 is 11.6 Å². The molecule has 0 aliphatic carbocycles. The molecule has 0 amide bonds. The summed E-state index contributed by atoms with van der Waals surface area (Å²) < 4.78 is 0. The molecule has 0 aliphatic heterocycles. The monoisotopic (exact) mass is 221 g/mol. The molecule has 0 radical (unpaired) electrons. The lowest BCUT2D eigenvalue weighted by Gasteiger charge is -2.01. The van der Waals surface area contributed by atoms with Crippen molar-refractivity contribution < 1.29 is 9.90 Å². The van der Waals surface area contributed by atoms with E-state index in [1.165, 1.54) is 0 Å². The van der Waals surface area contributed by atoms with E-state index in [0.717, 1.165) is 5.39 Å². The summed E-state index contributed by atoms with van der Waals surface area (Å²) in [7, 11) is 0. The number of carbonyl (C=O) groups is 1. The standard InChI is InChI=1S/C11H8ClNO2/c12-9-3-1-2-7-4-5-8(6-10(14)15)13-11(7)9/h1-5H,6H2,(H,14,15). The van der Waals surface area contributed by atoms with Crippen LogP contribution in [0.25, 0.3) is 10.9 Å². The van der Waals surface area contributed by atoms with Gasteiger partial charge in [-0.25, -0.2) is 0 Å². The molecule has 1 N–H and O–H groups in total. The molecule has 2 rings (SSSR count). The average molecular weight is 222 g/mol. The van der Waals surface area contributed by atoms with Crippen molar-refractivity contribution in [3.8, 4) is 0 Å². The van der Waals surface area contributed by atoms with Crippen molar-refractivity contribution in [1.82, 2.24) is 4.98 Å². The van der Waals surface area contributed by atoms with Crippen LogP contribution in [0.2, 0.25) is 5.02 Å². The highest BCUT2D eigenvalue weighted by molar-refractivity contribution is 6.35. The molecule has 0 unspecified atom stereocenters. The van der Waals surface area contributed by atoms with Gasteiger partial charge < -0.3 is 5.11 Å². The lowest BCUT2D eigenvalue weighted by Crippen LogP contribution is -2.02. The number of hydrogen-bond acceptors (Lipinski definition) is 2. The molecule has 15 heavy (non-hydrogen) atoms. The molecule has 4 heteroatoms. The Morgan fingerprint density at radius 1 is 1.33 bits per heavy atom. The molecule has 76 valence electrons. The van der Waals surface area contributed by atoms with Crippen LogP contribution in [0.1, 0.15) is 5.69 Å². The van der Waals surface area contributed by atoms with Crippen molar-refractivity contribution in [2.24, 2.45) is 0 Å². The predicted molar refractivity (Wildman–Crippen MR) is 58.1 cm³/mol. The molecule has 0 aliphatic rings. The molecule has 0 saturated carbocycles. The fourth-order valence-corrected chi connectivity index (χ4v) is 1.63. The topological polar surface area (TPSA) is 50.2 Å². The minimum absolute atomic E-state index is 0.0822. The van der Waals surface area contributed by atoms with Crippen LogP contribution in [-0.4, -0.2) is 16.1 Å². The highest BCUT2D eigenvalue weighted by atomic mass is 35.5. The third-order valence-electron chi connectivity index (χ3n) is 2.06. The molecule has 1 aromatic heterocycles. The zero-order valence-corrected chi connectivity index (χ0v) is 8.53. The lowest BCUT2D eigenvalue weighted by molar-refractivity contribution is -0.136. The number of carboxylic acid groups (broad SMARTS) is 1. The van der Waals surface area contributed by atoms with Gasteiger partial charge in [0.1, 0.15) is 0 Å². The summed E-state index contributed by atoms with van der Waals surface area (Å²) in [6.07, 6.45) is -0.0822. The molecule has 3 nitrogen and oxygen atoms in total. The van der Waals surface area contributed by atoms with Crippen LogP contribution in [0.15, 0.2) is 30.3 Å². The SMILES string of the molecule is O=C(O)Cc1ccc2cccc(Cl)c2n1. The van der Waals surface area contributed by atoms with Gasteiger partial charge in [0.15, 0.2) is 0 Å². The molecular formula is C11H8ClNO2. The van der Waals surface area contributed by atoms with Gasteiger partial charge in [0, 0.05) is 5.39 Å². The Morgan fingerprint density at radius 3 is 2.87 bits per heavy atom. The number of benzene rings is 1. The van der Waals surface area contributed by atoms with E-state index in [0.29, 0.717) is 16.2 Å². The zero-order chi connectivity index (χ0) is 10.8. The number of fused-ring (bicyclic) bond motifs is 1. The molecule has 2 aromatic rings. The van der Waals surface area contributed by atoms with Crippen molar-refractivity contribution in [2.45, 2.75) is 6.42 Å². The first kappa shape index (κ1) is 9.93. The fourth-order valence-electron chi connectivity index (χ4n) is 1.40. The van der Waals surface area contributed by atoms with Gasteiger partial charge in [-0.15, -0.1) is 0 Å². The van der Waals surface area contributed by atoms with Gasteiger partial charge in [0.2, 0.25) is 0 Å². The van der Waals surface area contributed by atoms with Crippen molar-refractivity contribution in [2.75, 3.05) is 0 Å². The number of aromatic nitrogens is 1. The van der Waals surface area contributed by atoms with Crippen molar-refractivity contribution in [3.63, 3.8) is 0 Å². The largest absolute Gasteiger partial charge is 0.481 e. The summed E-state index contributed by atoms with van der Waals surface area (Å²) in [6, 6.07) is 8.99. The Bertz CT molecular complexity index is 525. The van der Waals surface area contributed by atoms with E-state index in [1.807, 2.05) is 18.2 Å². The molecule has 1 heterocycles. The van der Waals surface area contributed by atoms with Crippen molar-refractivity contribution in [3.05, 3.63) is 41.0 Å². The van der Waals surface area contributed by atoms with Gasteiger partial charge in [0.05, 0.1) is 22.7 Å². The van der Waals surface area contributed by atoms with E-state index in [1.54, 1.807) is 12.1 Å². The lowest BCUT2D eigenvalue weighted by atomic mass is 10.2. The summed E-state index contributed by atoms with van der Waals surface area (Å²) in [6.45, 7) is 0. The third kappa shape index (κ3) is 2.07. The van der Waals surface area contributed by atoms with Gasteiger partial charge in [0.25, 0.3) is 0 Å². The summed E-state index contributed by atoms with van der Waals surface area (Å²) in [5.74, 6) is -0.895. The maximum absolute atomic E-state index is 10.5. The van der Waals surface area contributed by atoms with Gasteiger partial charge in [-0.05, 0) is 12.1 Å². The van der Waals surface area contributed by atoms with Crippen LogP contribution in [0, 0.1) is 0 Å². The molecule has 0 bridgehead atoms. The van der Waals surface area contributed by atoms with Crippen molar-refractivity contribution in [1.29, 1.82) is 0 Å². The first-order chi connectivity index (χ1) is 7.16. The normalized spacial score (nSPS) is 10.5. The van der Waals surface area contributed by atoms with E-state index in [9.17, 15) is 4.79 Å². The smallest absolute Gasteiger partial charge is 0.309 e. The highest BCUT2D eigenvalue weighted by Crippen LogP contribution is 2.21. The maximum atomic E-state index is 10.5. The van der Waals surface area contributed by atoms with E-state index in [2.05, 4.69) is 4.98 Å². The van der Waals surface area contributed by atoms with Gasteiger partial charge in [-0.2, -0.15) is 0 Å². The number of aliphatic carboxylic acids is 1. The highest BCUT2D eigenvalue weighted by Gasteiger charge is 2.05. The second kappa shape index (κ2) is 3.87. The van der Waals surface area contributed by atoms with Crippen LogP contribution in [0.5, 0.6) is 0 Å². The Morgan fingerprint density at radius 2 is 2.13 bits per heavy atom. The fraction of sp³-hybridized carbons (Fsp3) is 0.0909. The number of pyridine rings is 1. The van der Waals surface area contributed by atoms with Crippen LogP contribution in [0.3, 0.4) is 0 Å². The van der Waals surface area contributed by atoms with E-state index < -0.39 is 5.97 Å². The Balaban J connectivity index is 2.54. The van der Waals surface area contributed by atoms with E-state index in [4.69, 9.17) is 16.7 Å². The predicted octanol–water partition coefficient (Wildman–Crippen LogP) is 2.52. The number of nitrogens with zero attached hydrogens (tertiary/aromatic N) is 1. The number of rotatable bonds is 2. The van der Waals surface area contributed by atoms with Crippen molar-refractivity contribution >= 4 is 28.5 Å². The minimum Gasteiger partial charge on any atom is -0.481 e. The van der Waals surface area contributed by atoms with Crippen LogP contribution in [0.4, 0.5) is 0 Å². The van der Waals surface area contributed by atoms with E-state index >= 15 is 0 Å². The Kier molecular flexibility index (Phi) is 2.56. The second-order valence-corrected chi connectivity index (χ2v) is 3.59. The summed E-state index contributed by atoms with van der Waals surface area (Å²) in [4.78, 5) is 14.7. The number of halogens is 1. The zero-order valence-electron chi connectivity index (χ0n) is 7.77. The average Bonchev–Trinajstić information content (AvgIpc) is 2.18. The van der Waals surface area contributed by atoms with Crippen LogP contribution in [-0.2, 0) is 11.2 Å². The molecule has 0 spiro atoms. The molecule has 1 aromatic carbocycles. The third-order valence-corrected chi connectivity index (χ3v) is 2.37. The number of hydrogen-bond donors (Lipinski definition) is 1. The van der Waals surface area contributed by atoms with E-state index in [-0.39, 0.29) is 6.42 Å². The van der Waals surface area contributed by atoms with Crippen LogP contribution < -0.4 is 0 Å². The summed E-state index contributed by atoms with van der Waals surface area (Å²) >= 11 is 5.96. The summed E-state index contributed by atoms with van der Waals surface area (Å²) in [5.41, 5.74) is 1.17. The van der Waals surface area contributed by atoms with Gasteiger partial charge in [-0.3, -0.25) is 9.78 Å². The quantitative estimate of drug-likeness (QED) is 0.848. The second-order valence-electron chi connectivity index (χ2n) is 3.18. The Hall–Kier alpha value is -1.61. The molecule has 0 fully saturated rings. The molecule has 0 atom stereocenters. The maximum Gasteiger partial charge on any atom is 0.309 e. The molecule has 0 saturated heterocycles. The van der Waals surface area contributed by atoms with Gasteiger partial charge in [-0.1, -0.05) is 29.8 Å². The molecular weight excluding hydrogens is 214 g/mol. The number of carboxylic acids is 1. The Labute approximate surface area is 91.3 Å². The summed E-state index contributed by atoms with van der Waals surface area (Å²) in [5, 5.41) is 10.1. The van der Waals surface area contributed by atoms with Gasteiger partial charge >= 0.3 is 5.97 Å². The first-order valence-corrected chi connectivity index (χ1v) is 4.80.